The van der Waals surface area contributed by atoms with Crippen LogP contribution in [-0.2, 0) is 42.7 Å². The molecule has 214 valence electrons. The Kier molecular flexibility index (Phi) is 8.18. The normalized spacial score (nSPS) is 12.9. The molecule has 0 saturated heterocycles. The zero-order valence-corrected chi connectivity index (χ0v) is 28.4. The largest absolute Gasteiger partial charge is 2.00 e. The fraction of sp³-hybridized carbons (Fsp3) is 0.368. The van der Waals surface area contributed by atoms with Crippen molar-refractivity contribution in [3.8, 4) is 0 Å². The summed E-state index contributed by atoms with van der Waals surface area (Å²) < 4.78 is 0. The molecule has 3 heteroatoms. The summed E-state index contributed by atoms with van der Waals surface area (Å²) in [5, 5.41) is 2.20. The van der Waals surface area contributed by atoms with Crippen LogP contribution in [0.25, 0.3) is 21.8 Å². The summed E-state index contributed by atoms with van der Waals surface area (Å²) in [5.74, 6) is 0. The Morgan fingerprint density at radius 1 is 0.488 bits per heavy atom. The summed E-state index contributed by atoms with van der Waals surface area (Å²) in [6, 6.07) is 33.0. The van der Waals surface area contributed by atoms with Gasteiger partial charge < -0.3 is 0 Å². The van der Waals surface area contributed by atoms with Crippen molar-refractivity contribution in [1.82, 2.24) is 9.97 Å². The maximum atomic E-state index is 5.30. The summed E-state index contributed by atoms with van der Waals surface area (Å²) in [7, 11) is 0. The molecule has 0 spiro atoms. The minimum Gasteiger partial charge on any atom is -0.250 e. The van der Waals surface area contributed by atoms with Gasteiger partial charge in [-0.05, 0) is 23.0 Å². The number of pyridine rings is 2. The fourth-order valence-electron chi connectivity index (χ4n) is 5.33. The Morgan fingerprint density at radius 3 is 1.17 bits per heavy atom. The molecule has 0 N–H and O–H groups in total. The van der Waals surface area contributed by atoms with E-state index in [4.69, 9.17) is 9.97 Å². The van der Waals surface area contributed by atoms with Crippen LogP contribution >= 0.6 is 0 Å². The van der Waals surface area contributed by atoms with Crippen LogP contribution in [0.3, 0.4) is 0 Å². The first-order valence-corrected chi connectivity index (χ1v) is 14.4. The molecule has 2 heterocycles. The number of fused-ring (bicyclic) bond motifs is 3. The topological polar surface area (TPSA) is 25.8 Å². The van der Waals surface area contributed by atoms with Gasteiger partial charge in [0.25, 0.3) is 0 Å². The van der Waals surface area contributed by atoms with E-state index in [0.29, 0.717) is 0 Å². The fourth-order valence-corrected chi connectivity index (χ4v) is 5.33. The van der Waals surface area contributed by atoms with Gasteiger partial charge in [0.1, 0.15) is 0 Å². The molecule has 0 fully saturated rings. The molecule has 0 radical (unpaired) electrons. The first-order chi connectivity index (χ1) is 18.6. The van der Waals surface area contributed by atoms with Gasteiger partial charge >= 0.3 is 21.1 Å². The third-order valence-corrected chi connectivity index (χ3v) is 8.48. The van der Waals surface area contributed by atoms with Crippen molar-refractivity contribution in [2.45, 2.75) is 90.9 Å². The molecule has 0 saturated carbocycles. The second-order valence-corrected chi connectivity index (χ2v) is 14.3. The Bertz CT molecular complexity index is 1590. The summed E-state index contributed by atoms with van der Waals surface area (Å²) in [6.07, 6.45) is 0. The predicted molar refractivity (Wildman–Crippen MR) is 169 cm³/mol. The molecule has 3 aromatic carbocycles. The van der Waals surface area contributed by atoms with Crippen LogP contribution in [0, 0.1) is 12.1 Å². The first-order valence-electron chi connectivity index (χ1n) is 14.4. The number of nitrogens with zero attached hydrogens (tertiary/aromatic N) is 2. The third-order valence-electron chi connectivity index (χ3n) is 8.48. The quantitative estimate of drug-likeness (QED) is 0.137. The minimum atomic E-state index is -0.309. The van der Waals surface area contributed by atoms with Crippen LogP contribution in [0.1, 0.15) is 103 Å². The average Bonchev–Trinajstić information content (AvgIpc) is 2.91. The smallest absolute Gasteiger partial charge is 0.250 e. The van der Waals surface area contributed by atoms with E-state index < -0.39 is 0 Å². The Hall–Kier alpha value is -2.83. The van der Waals surface area contributed by atoms with Gasteiger partial charge in [-0.3, -0.25) is 0 Å². The molecule has 0 atom stereocenters. The van der Waals surface area contributed by atoms with Crippen molar-refractivity contribution in [2.75, 3.05) is 0 Å². The summed E-state index contributed by atoms with van der Waals surface area (Å²) in [6.45, 7) is 22.5. The van der Waals surface area contributed by atoms with Crippen LogP contribution in [0.5, 0.6) is 0 Å². The number of hydrogen-bond acceptors (Lipinski definition) is 2. The molecule has 5 aromatic rings. The van der Waals surface area contributed by atoms with Crippen molar-refractivity contribution in [3.05, 3.63) is 119 Å². The zero-order chi connectivity index (χ0) is 29.1. The van der Waals surface area contributed by atoms with E-state index in [1.165, 1.54) is 11.1 Å². The van der Waals surface area contributed by atoms with Crippen molar-refractivity contribution < 1.29 is 21.1 Å². The van der Waals surface area contributed by atoms with E-state index in [1.807, 2.05) is 0 Å². The molecule has 41 heavy (non-hydrogen) atoms. The Labute approximate surface area is 261 Å². The van der Waals surface area contributed by atoms with Crippen LogP contribution in [0.4, 0.5) is 0 Å². The van der Waals surface area contributed by atoms with Crippen molar-refractivity contribution in [2.24, 2.45) is 0 Å². The molecule has 2 nitrogen and oxygen atoms in total. The molecule has 0 unspecified atom stereocenters. The second-order valence-electron chi connectivity index (χ2n) is 14.3. The van der Waals surface area contributed by atoms with E-state index in [1.54, 1.807) is 0 Å². The molecule has 5 rings (SSSR count). The van der Waals surface area contributed by atoms with E-state index in [0.717, 1.165) is 44.3 Å². The number of hydrogen-bond donors (Lipinski definition) is 0. The Morgan fingerprint density at radius 2 is 0.829 bits per heavy atom. The molecular weight excluding hydrogens is 680 g/mol. The van der Waals surface area contributed by atoms with Gasteiger partial charge in [0.15, 0.2) is 0 Å². The van der Waals surface area contributed by atoms with E-state index in [-0.39, 0.29) is 42.7 Å². The van der Waals surface area contributed by atoms with E-state index >= 15 is 0 Å². The SMILES string of the molecule is CC(C)(C)c1cc[c-]c(C(C)(C)c2ccc3ccc4ccc(C(C)(C)c5[c-]ccc(C(C)(C)C)c5)nc4c3n2)c1.[Pt+2]. The molecule has 0 aliphatic rings. The summed E-state index contributed by atoms with van der Waals surface area (Å²) >= 11 is 0. The van der Waals surface area contributed by atoms with Crippen molar-refractivity contribution in [3.63, 3.8) is 0 Å². The van der Waals surface area contributed by atoms with E-state index in [2.05, 4.69) is 154 Å². The first kappa shape index (κ1) is 31.1. The van der Waals surface area contributed by atoms with Crippen LogP contribution < -0.4 is 0 Å². The summed E-state index contributed by atoms with van der Waals surface area (Å²) in [4.78, 5) is 10.6. The van der Waals surface area contributed by atoms with Gasteiger partial charge in [0, 0.05) is 33.0 Å². The third kappa shape index (κ3) is 5.91. The number of rotatable bonds is 4. The van der Waals surface area contributed by atoms with Crippen LogP contribution in [-0.4, -0.2) is 9.97 Å². The molecule has 2 aromatic heterocycles. The predicted octanol–water partition coefficient (Wildman–Crippen LogP) is 9.63. The summed E-state index contributed by atoms with van der Waals surface area (Å²) in [5.41, 5.74) is 8.37. The van der Waals surface area contributed by atoms with Crippen molar-refractivity contribution in [1.29, 1.82) is 0 Å². The van der Waals surface area contributed by atoms with E-state index in [9.17, 15) is 0 Å². The molecule has 0 amide bonds. The minimum absolute atomic E-state index is 0. The van der Waals surface area contributed by atoms with Gasteiger partial charge in [-0.15, -0.1) is 0 Å². The zero-order valence-electron chi connectivity index (χ0n) is 26.1. The molecular formula is C38H42N2Pt. The number of aromatic nitrogens is 2. The van der Waals surface area contributed by atoms with Crippen LogP contribution in [0.2, 0.25) is 0 Å². The van der Waals surface area contributed by atoms with Gasteiger partial charge in [-0.2, -0.15) is 70.8 Å². The Balaban J connectivity index is 0.00000387. The second kappa shape index (κ2) is 10.8. The van der Waals surface area contributed by atoms with Gasteiger partial charge in [-0.25, -0.2) is 9.97 Å². The molecule has 0 aliphatic heterocycles. The maximum Gasteiger partial charge on any atom is 2.00 e. The van der Waals surface area contributed by atoms with Gasteiger partial charge in [0.05, 0.1) is 11.0 Å². The average molecular weight is 722 g/mol. The monoisotopic (exact) mass is 721 g/mol. The number of benzene rings is 3. The van der Waals surface area contributed by atoms with Crippen LogP contribution in [0.15, 0.2) is 72.8 Å². The molecule has 0 aliphatic carbocycles. The molecule has 0 bridgehead atoms. The van der Waals surface area contributed by atoms with Crippen molar-refractivity contribution >= 4 is 21.8 Å². The van der Waals surface area contributed by atoms with Gasteiger partial charge in [0.2, 0.25) is 0 Å². The van der Waals surface area contributed by atoms with Gasteiger partial charge in [-0.1, -0.05) is 93.5 Å². The maximum absolute atomic E-state index is 5.30. The standard InChI is InChI=1S/C38H42N2.Pt/c1-35(2,3)27-13-11-15-29(23-27)37(7,8)31-21-19-25-17-18-26-20-22-32(40-34(26)33(25)39-31)38(9,10)30-16-12-14-28(24-30)36(4,5)6;/h11-14,17-24H,1-10H3;/q-2;+2.